The summed E-state index contributed by atoms with van der Waals surface area (Å²) < 4.78 is 2.02. The smallest absolute Gasteiger partial charge is 0.303 e. The number of carboxylic acid groups (broad SMARTS) is 1. The van der Waals surface area contributed by atoms with Crippen LogP contribution < -0.4 is 0 Å². The third kappa shape index (κ3) is 4.38. The van der Waals surface area contributed by atoms with Gasteiger partial charge in [0.1, 0.15) is 12.4 Å². The third-order valence-electron chi connectivity index (χ3n) is 4.94. The van der Waals surface area contributed by atoms with Crippen LogP contribution in [0.4, 0.5) is 0 Å². The molecule has 1 fully saturated rings. The number of nitrogens with zero attached hydrogens (tertiary/aromatic N) is 3. The second-order valence-corrected chi connectivity index (χ2v) is 7.68. The summed E-state index contributed by atoms with van der Waals surface area (Å²) >= 11 is 1.69. The van der Waals surface area contributed by atoms with E-state index in [-0.39, 0.29) is 18.2 Å². The van der Waals surface area contributed by atoms with Gasteiger partial charge in [0.25, 0.3) is 0 Å². The topological polar surface area (TPSA) is 75.4 Å². The van der Waals surface area contributed by atoms with Crippen LogP contribution in [0.5, 0.6) is 0 Å². The first kappa shape index (κ1) is 18.8. The Morgan fingerprint density at radius 1 is 1.35 bits per heavy atom. The molecule has 1 aromatic carbocycles. The van der Waals surface area contributed by atoms with E-state index in [9.17, 15) is 9.59 Å². The average molecular weight is 375 g/mol. The summed E-state index contributed by atoms with van der Waals surface area (Å²) in [5.41, 5.74) is 1.91. The van der Waals surface area contributed by atoms with Crippen molar-refractivity contribution in [2.45, 2.75) is 38.0 Å². The van der Waals surface area contributed by atoms with Crippen molar-refractivity contribution in [3.8, 4) is 0 Å². The minimum Gasteiger partial charge on any atom is -0.481 e. The minimum absolute atomic E-state index is 0.0931. The molecular weight excluding hydrogens is 350 g/mol. The zero-order valence-corrected chi connectivity index (χ0v) is 15.9. The van der Waals surface area contributed by atoms with Gasteiger partial charge >= 0.3 is 5.97 Å². The second kappa shape index (κ2) is 8.58. The van der Waals surface area contributed by atoms with E-state index in [0.29, 0.717) is 19.5 Å². The summed E-state index contributed by atoms with van der Waals surface area (Å²) in [5, 5.41) is 8.88. The normalized spacial score (nSPS) is 17.6. The summed E-state index contributed by atoms with van der Waals surface area (Å²) in [7, 11) is 0. The molecule has 0 unspecified atom stereocenters. The molecule has 2 aromatic rings. The van der Waals surface area contributed by atoms with E-state index in [1.54, 1.807) is 11.8 Å². The van der Waals surface area contributed by atoms with Gasteiger partial charge in [0, 0.05) is 19.5 Å². The molecule has 1 aromatic heterocycles. The van der Waals surface area contributed by atoms with Crippen LogP contribution in [-0.2, 0) is 21.9 Å². The molecule has 1 N–H and O–H groups in total. The summed E-state index contributed by atoms with van der Waals surface area (Å²) in [6.07, 6.45) is 4.80. The number of hydrogen-bond donors (Lipinski definition) is 1. The number of aliphatic carboxylic acids is 1. The number of thioether (sulfide) groups is 1. The van der Waals surface area contributed by atoms with Gasteiger partial charge < -0.3 is 14.6 Å². The molecule has 1 aliphatic heterocycles. The first-order chi connectivity index (χ1) is 12.6. The SMILES string of the molecule is CSCc1nc2ccccc2n1CC(=O)N1CCC[C@@H](CCC(=O)O)C1. The first-order valence-electron chi connectivity index (χ1n) is 9.01. The molecule has 0 saturated carbocycles. The Morgan fingerprint density at radius 2 is 2.15 bits per heavy atom. The average Bonchev–Trinajstić information content (AvgIpc) is 2.98. The largest absolute Gasteiger partial charge is 0.481 e. The summed E-state index contributed by atoms with van der Waals surface area (Å²) in [6, 6.07) is 7.91. The van der Waals surface area contributed by atoms with Gasteiger partial charge in [0.05, 0.1) is 16.8 Å². The minimum atomic E-state index is -0.764. The van der Waals surface area contributed by atoms with E-state index in [1.165, 1.54) is 0 Å². The lowest BCUT2D eigenvalue weighted by molar-refractivity contribution is -0.137. The predicted molar refractivity (Wildman–Crippen MR) is 103 cm³/mol. The maximum atomic E-state index is 12.9. The number of amides is 1. The molecule has 140 valence electrons. The van der Waals surface area contributed by atoms with Crippen LogP contribution in [0.1, 0.15) is 31.5 Å². The number of likely N-dealkylation sites (tertiary alicyclic amines) is 1. The lowest BCUT2D eigenvalue weighted by Crippen LogP contribution is -2.41. The number of fused-ring (bicyclic) bond motifs is 1. The van der Waals surface area contributed by atoms with E-state index >= 15 is 0 Å². The van der Waals surface area contributed by atoms with Crippen molar-refractivity contribution in [3.05, 3.63) is 30.1 Å². The van der Waals surface area contributed by atoms with Crippen molar-refractivity contribution in [3.63, 3.8) is 0 Å². The maximum Gasteiger partial charge on any atom is 0.303 e. The fourth-order valence-corrected chi connectivity index (χ4v) is 4.11. The summed E-state index contributed by atoms with van der Waals surface area (Å²) in [6.45, 7) is 1.71. The molecule has 1 aliphatic rings. The number of imidazole rings is 1. The number of hydrogen-bond acceptors (Lipinski definition) is 4. The quantitative estimate of drug-likeness (QED) is 0.805. The Bertz CT molecular complexity index is 789. The highest BCUT2D eigenvalue weighted by atomic mass is 32.2. The molecule has 0 aliphatic carbocycles. The number of carbonyl (C=O) groups excluding carboxylic acids is 1. The van der Waals surface area contributed by atoms with Crippen molar-refractivity contribution in [2.75, 3.05) is 19.3 Å². The second-order valence-electron chi connectivity index (χ2n) is 6.82. The number of rotatable bonds is 7. The number of piperidine rings is 1. The number of aromatic nitrogens is 2. The fraction of sp³-hybridized carbons (Fsp3) is 0.526. The first-order valence-corrected chi connectivity index (χ1v) is 10.4. The summed E-state index contributed by atoms with van der Waals surface area (Å²) in [4.78, 5) is 30.3. The zero-order chi connectivity index (χ0) is 18.5. The summed E-state index contributed by atoms with van der Waals surface area (Å²) in [5.74, 6) is 1.31. The van der Waals surface area contributed by atoms with E-state index in [1.807, 2.05) is 40.0 Å². The number of carbonyl (C=O) groups is 2. The van der Waals surface area contributed by atoms with E-state index in [2.05, 4.69) is 4.98 Å². The molecule has 1 atom stereocenters. The third-order valence-corrected chi connectivity index (χ3v) is 5.49. The Hall–Kier alpha value is -2.02. The number of benzene rings is 1. The number of carboxylic acids is 1. The monoisotopic (exact) mass is 375 g/mol. The molecule has 0 radical (unpaired) electrons. The van der Waals surface area contributed by atoms with E-state index in [4.69, 9.17) is 5.11 Å². The maximum absolute atomic E-state index is 12.9. The molecule has 1 amide bonds. The van der Waals surface area contributed by atoms with Gasteiger partial charge in [-0.15, -0.1) is 0 Å². The molecule has 7 heteroatoms. The van der Waals surface area contributed by atoms with Crippen molar-refractivity contribution in [1.29, 1.82) is 0 Å². The van der Waals surface area contributed by atoms with E-state index < -0.39 is 5.97 Å². The predicted octanol–water partition coefficient (Wildman–Crippen LogP) is 3.00. The van der Waals surface area contributed by atoms with Gasteiger partial charge in [0.2, 0.25) is 5.91 Å². The molecule has 0 spiro atoms. The molecule has 0 bridgehead atoms. The Labute approximate surface area is 157 Å². The van der Waals surface area contributed by atoms with Crippen LogP contribution in [0.3, 0.4) is 0 Å². The van der Waals surface area contributed by atoms with Crippen LogP contribution in [0, 0.1) is 5.92 Å². The van der Waals surface area contributed by atoms with Gasteiger partial charge in [-0.3, -0.25) is 9.59 Å². The standard InChI is InChI=1S/C19H25N3O3S/c1-26-13-17-20-15-6-2-3-7-16(15)22(17)12-18(23)21-10-4-5-14(11-21)8-9-19(24)25/h2-3,6-7,14H,4-5,8-13H2,1H3,(H,24,25)/t14-/m0/s1. The Morgan fingerprint density at radius 3 is 2.92 bits per heavy atom. The van der Waals surface area contributed by atoms with E-state index in [0.717, 1.165) is 42.0 Å². The van der Waals surface area contributed by atoms with Gasteiger partial charge in [-0.25, -0.2) is 4.98 Å². The van der Waals surface area contributed by atoms with Crippen LogP contribution in [0.2, 0.25) is 0 Å². The van der Waals surface area contributed by atoms with Gasteiger partial charge in [-0.1, -0.05) is 12.1 Å². The van der Waals surface area contributed by atoms with Crippen LogP contribution in [0.15, 0.2) is 24.3 Å². The van der Waals surface area contributed by atoms with Gasteiger partial charge in [-0.2, -0.15) is 11.8 Å². The molecule has 1 saturated heterocycles. The Kier molecular flexibility index (Phi) is 6.19. The van der Waals surface area contributed by atoms with Crippen molar-refractivity contribution in [2.24, 2.45) is 5.92 Å². The zero-order valence-electron chi connectivity index (χ0n) is 15.1. The van der Waals surface area contributed by atoms with Crippen LogP contribution in [-0.4, -0.2) is 50.8 Å². The number of para-hydroxylation sites is 2. The highest BCUT2D eigenvalue weighted by molar-refractivity contribution is 7.97. The van der Waals surface area contributed by atoms with Gasteiger partial charge in [-0.05, 0) is 43.6 Å². The molecule has 6 nitrogen and oxygen atoms in total. The lowest BCUT2D eigenvalue weighted by Gasteiger charge is -2.33. The van der Waals surface area contributed by atoms with Gasteiger partial charge in [0.15, 0.2) is 0 Å². The van der Waals surface area contributed by atoms with Crippen LogP contribution >= 0.6 is 11.8 Å². The highest BCUT2D eigenvalue weighted by Gasteiger charge is 2.25. The van der Waals surface area contributed by atoms with Crippen molar-refractivity contribution in [1.82, 2.24) is 14.5 Å². The molecule has 2 heterocycles. The Balaban J connectivity index is 1.72. The molecule has 3 rings (SSSR count). The lowest BCUT2D eigenvalue weighted by atomic mass is 9.93. The van der Waals surface area contributed by atoms with Crippen molar-refractivity contribution >= 4 is 34.7 Å². The van der Waals surface area contributed by atoms with Crippen molar-refractivity contribution < 1.29 is 14.7 Å². The fourth-order valence-electron chi connectivity index (χ4n) is 3.63. The molecule has 26 heavy (non-hydrogen) atoms. The van der Waals surface area contributed by atoms with Crippen LogP contribution in [0.25, 0.3) is 11.0 Å². The molecular formula is C19H25N3O3S. The highest BCUT2D eigenvalue weighted by Crippen LogP contribution is 2.23.